The van der Waals surface area contributed by atoms with Crippen molar-refractivity contribution < 1.29 is 28.6 Å². The van der Waals surface area contributed by atoms with E-state index >= 15 is 0 Å². The molecule has 13 heteroatoms. The number of azide groups is 2. The number of nitrogens with zero attached hydrogens (tertiary/aromatic N) is 6. The molecule has 35 heavy (non-hydrogen) atoms. The molecule has 13 nitrogen and oxygen atoms in total. The van der Waals surface area contributed by atoms with Crippen LogP contribution in [0.25, 0.3) is 20.9 Å². The van der Waals surface area contributed by atoms with Gasteiger partial charge in [-0.2, -0.15) is 0 Å². The fourth-order valence-corrected chi connectivity index (χ4v) is 4.17. The Morgan fingerprint density at radius 1 is 1.23 bits per heavy atom. The summed E-state index contributed by atoms with van der Waals surface area (Å²) >= 11 is 0. The van der Waals surface area contributed by atoms with Crippen molar-refractivity contribution in [2.45, 2.75) is 64.1 Å². The standard InChI is InChI=1S/C22H29N7O6/c1-6-12(2)17(34-20(31)15-10-8-7-9-11-15)18-16(25-14(4)30)13(3)19(26-28-23)22(35-18,27-29-24)21(32)33-5/h7-13,16-19H,6H2,1-5H3,(H,25,30)/t12-,13+,16-,17-,18?,19?,22-/m1/s1. The van der Waals surface area contributed by atoms with Crippen LogP contribution in [0.5, 0.6) is 0 Å². The lowest BCUT2D eigenvalue weighted by Crippen LogP contribution is -2.69. The van der Waals surface area contributed by atoms with Gasteiger partial charge in [0.25, 0.3) is 5.72 Å². The predicted molar refractivity (Wildman–Crippen MR) is 124 cm³/mol. The molecule has 1 heterocycles. The molecule has 0 bridgehead atoms. The monoisotopic (exact) mass is 487 g/mol. The highest BCUT2D eigenvalue weighted by Gasteiger charge is 2.60. The van der Waals surface area contributed by atoms with Crippen LogP contribution in [0.3, 0.4) is 0 Å². The molecule has 1 amide bonds. The summed E-state index contributed by atoms with van der Waals surface area (Å²) in [6.45, 7) is 6.58. The van der Waals surface area contributed by atoms with Crippen molar-refractivity contribution in [3.05, 3.63) is 56.8 Å². The van der Waals surface area contributed by atoms with Gasteiger partial charge in [-0.25, -0.2) is 9.59 Å². The predicted octanol–water partition coefficient (Wildman–Crippen LogP) is 3.66. The van der Waals surface area contributed by atoms with Crippen LogP contribution in [0.4, 0.5) is 0 Å². The first-order valence-corrected chi connectivity index (χ1v) is 11.1. The molecule has 1 aliphatic heterocycles. The van der Waals surface area contributed by atoms with E-state index in [4.69, 9.17) is 19.7 Å². The second-order valence-electron chi connectivity index (χ2n) is 8.32. The van der Waals surface area contributed by atoms with E-state index in [1.54, 1.807) is 37.3 Å². The van der Waals surface area contributed by atoms with Crippen LogP contribution in [0, 0.1) is 11.8 Å². The Kier molecular flexibility index (Phi) is 9.47. The highest BCUT2D eigenvalue weighted by Crippen LogP contribution is 2.41. The van der Waals surface area contributed by atoms with Crippen molar-refractivity contribution in [1.82, 2.24) is 5.32 Å². The molecule has 0 spiro atoms. The van der Waals surface area contributed by atoms with Gasteiger partial charge in [0.2, 0.25) is 5.91 Å². The molecule has 0 aromatic heterocycles. The van der Waals surface area contributed by atoms with Gasteiger partial charge in [0.15, 0.2) is 0 Å². The molecule has 188 valence electrons. The average molecular weight is 488 g/mol. The van der Waals surface area contributed by atoms with Gasteiger partial charge in [-0.15, -0.1) is 0 Å². The molecule has 1 aromatic rings. The minimum absolute atomic E-state index is 0.293. The number of esters is 2. The molecular weight excluding hydrogens is 458 g/mol. The zero-order chi connectivity index (χ0) is 26.2. The summed E-state index contributed by atoms with van der Waals surface area (Å²) in [6.07, 6.45) is -1.61. The number of rotatable bonds is 9. The third kappa shape index (κ3) is 5.83. The lowest BCUT2D eigenvalue weighted by atomic mass is 9.77. The van der Waals surface area contributed by atoms with Crippen LogP contribution in [0.15, 0.2) is 40.6 Å². The quantitative estimate of drug-likeness (QED) is 0.239. The second-order valence-corrected chi connectivity index (χ2v) is 8.32. The van der Waals surface area contributed by atoms with Crippen LogP contribution >= 0.6 is 0 Å². The van der Waals surface area contributed by atoms with Gasteiger partial charge in [-0.05, 0) is 46.6 Å². The fourth-order valence-electron chi connectivity index (χ4n) is 4.17. The molecule has 1 aliphatic rings. The number of nitrogens with one attached hydrogen (secondary N) is 1. The van der Waals surface area contributed by atoms with Crippen LogP contribution < -0.4 is 5.32 Å². The Morgan fingerprint density at radius 3 is 2.40 bits per heavy atom. The molecule has 0 aliphatic carbocycles. The van der Waals surface area contributed by atoms with Gasteiger partial charge >= 0.3 is 11.9 Å². The highest BCUT2D eigenvalue weighted by atomic mass is 16.6. The molecule has 0 radical (unpaired) electrons. The highest BCUT2D eigenvalue weighted by molar-refractivity contribution is 5.89. The summed E-state index contributed by atoms with van der Waals surface area (Å²) in [5.74, 6) is -3.27. The first-order chi connectivity index (χ1) is 16.7. The van der Waals surface area contributed by atoms with E-state index in [9.17, 15) is 19.9 Å². The lowest BCUT2D eigenvalue weighted by Gasteiger charge is -2.50. The van der Waals surface area contributed by atoms with Crippen molar-refractivity contribution in [3.63, 3.8) is 0 Å². The van der Waals surface area contributed by atoms with Crippen molar-refractivity contribution in [1.29, 1.82) is 0 Å². The van der Waals surface area contributed by atoms with Gasteiger partial charge in [0.1, 0.15) is 12.2 Å². The summed E-state index contributed by atoms with van der Waals surface area (Å²) in [7, 11) is 1.06. The van der Waals surface area contributed by atoms with Crippen molar-refractivity contribution in [2.75, 3.05) is 7.11 Å². The molecule has 2 unspecified atom stereocenters. The molecular formula is C22H29N7O6. The molecule has 7 atom stereocenters. The third-order valence-electron chi connectivity index (χ3n) is 6.13. The van der Waals surface area contributed by atoms with Crippen molar-refractivity contribution in [2.24, 2.45) is 22.1 Å². The van der Waals surface area contributed by atoms with Crippen LogP contribution in [0.1, 0.15) is 44.5 Å². The lowest BCUT2D eigenvalue weighted by molar-refractivity contribution is -0.220. The number of benzene rings is 1. The summed E-state index contributed by atoms with van der Waals surface area (Å²) in [4.78, 5) is 43.5. The molecule has 1 fully saturated rings. The Morgan fingerprint density at radius 2 is 1.89 bits per heavy atom. The van der Waals surface area contributed by atoms with Gasteiger partial charge in [-0.1, -0.05) is 44.1 Å². The van der Waals surface area contributed by atoms with Crippen LogP contribution in [0.2, 0.25) is 0 Å². The second kappa shape index (κ2) is 12.1. The summed E-state index contributed by atoms with van der Waals surface area (Å²) in [5.41, 5.74) is 16.3. The molecule has 1 N–H and O–H groups in total. The summed E-state index contributed by atoms with van der Waals surface area (Å²) in [5, 5.41) is 9.99. The van der Waals surface area contributed by atoms with Crippen molar-refractivity contribution in [3.8, 4) is 0 Å². The number of methoxy groups -OCH3 is 1. The number of amides is 1. The number of carbonyl (C=O) groups excluding carboxylic acids is 3. The maximum atomic E-state index is 13.0. The van der Waals surface area contributed by atoms with Gasteiger partial charge in [0.05, 0.1) is 24.8 Å². The van der Waals surface area contributed by atoms with Gasteiger partial charge < -0.3 is 19.5 Å². The summed E-state index contributed by atoms with van der Waals surface area (Å²) < 4.78 is 16.8. The topological polar surface area (TPSA) is 188 Å². The summed E-state index contributed by atoms with van der Waals surface area (Å²) in [6, 6.07) is 6.04. The first-order valence-electron chi connectivity index (χ1n) is 11.1. The first kappa shape index (κ1) is 27.5. The minimum atomic E-state index is -2.39. The molecule has 1 aromatic carbocycles. The number of ether oxygens (including phenoxy) is 3. The number of hydrogen-bond donors (Lipinski definition) is 1. The Labute approximate surface area is 202 Å². The molecule has 0 saturated carbocycles. The maximum absolute atomic E-state index is 13.0. The van der Waals surface area contributed by atoms with E-state index in [-0.39, 0.29) is 5.92 Å². The Bertz CT molecular complexity index is 1020. The third-order valence-corrected chi connectivity index (χ3v) is 6.13. The minimum Gasteiger partial charge on any atom is -0.467 e. The van der Waals surface area contributed by atoms with Gasteiger partial charge in [0, 0.05) is 16.7 Å². The van der Waals surface area contributed by atoms with Gasteiger partial charge in [-0.3, -0.25) is 4.79 Å². The number of carbonyl (C=O) groups is 3. The molecule has 1 saturated heterocycles. The zero-order valence-corrected chi connectivity index (χ0v) is 20.2. The van der Waals surface area contributed by atoms with Crippen molar-refractivity contribution >= 4 is 17.8 Å². The normalized spacial score (nSPS) is 27.2. The van der Waals surface area contributed by atoms with E-state index in [0.717, 1.165) is 7.11 Å². The van der Waals surface area contributed by atoms with E-state index < -0.39 is 53.8 Å². The SMILES string of the molecule is CC[C@@H](C)[C@@H](OC(=O)c1ccccc1)C1O[C@@](N=[N+]=[N-])(C(=O)OC)C(N=[N+]=[N-])[C@@H](C)[C@H]1NC(C)=O. The number of hydrogen-bond acceptors (Lipinski definition) is 8. The van der Waals surface area contributed by atoms with E-state index in [2.05, 4.69) is 25.4 Å². The fraction of sp³-hybridized carbons (Fsp3) is 0.591. The van der Waals surface area contributed by atoms with E-state index in [0.29, 0.717) is 12.0 Å². The van der Waals surface area contributed by atoms with E-state index in [1.165, 1.54) is 6.92 Å². The smallest absolute Gasteiger partial charge is 0.344 e. The zero-order valence-electron chi connectivity index (χ0n) is 20.2. The Balaban J connectivity index is 2.67. The van der Waals surface area contributed by atoms with E-state index in [1.807, 2.05) is 13.8 Å². The molecule has 2 rings (SSSR count). The van der Waals surface area contributed by atoms with Crippen LogP contribution in [-0.2, 0) is 23.8 Å². The average Bonchev–Trinajstić information content (AvgIpc) is 2.85. The maximum Gasteiger partial charge on any atom is 0.344 e. The Hall–Kier alpha value is -3.79. The largest absolute Gasteiger partial charge is 0.467 e. The van der Waals surface area contributed by atoms with Crippen LogP contribution in [-0.4, -0.2) is 55.0 Å².